The molecule has 4 fully saturated rings. The summed E-state index contributed by atoms with van der Waals surface area (Å²) in [5.74, 6) is -0.359. The summed E-state index contributed by atoms with van der Waals surface area (Å²) in [6.07, 6.45) is 6.97. The fraction of sp³-hybridized carbons (Fsp3) is 0.579. The molecule has 2 N–H and O–H groups in total. The highest BCUT2D eigenvalue weighted by atomic mass is 19.1. The van der Waals surface area contributed by atoms with E-state index in [2.05, 4.69) is 10.6 Å². The monoisotopic (exact) mass is 348 g/mol. The normalized spacial score (nSPS) is 32.5. The van der Waals surface area contributed by atoms with Crippen LogP contribution in [0.2, 0.25) is 0 Å². The molecule has 1 aromatic rings. The van der Waals surface area contributed by atoms with Gasteiger partial charge in [0.05, 0.1) is 6.54 Å². The van der Waals surface area contributed by atoms with Gasteiger partial charge >= 0.3 is 0 Å². The largest absolute Gasteiger partial charge is 0.349 e. The van der Waals surface area contributed by atoms with E-state index in [-0.39, 0.29) is 23.6 Å². The van der Waals surface area contributed by atoms with Crippen LogP contribution in [0.15, 0.2) is 18.2 Å². The first-order valence-electron chi connectivity index (χ1n) is 8.96. The summed E-state index contributed by atoms with van der Waals surface area (Å²) < 4.78 is 26.4. The third kappa shape index (κ3) is 3.39. The Hall–Kier alpha value is -1.98. The van der Waals surface area contributed by atoms with Crippen molar-refractivity contribution in [3.63, 3.8) is 0 Å². The molecule has 0 saturated heterocycles. The van der Waals surface area contributed by atoms with Gasteiger partial charge in [-0.2, -0.15) is 0 Å². The highest BCUT2D eigenvalue weighted by Gasteiger charge is 2.51. The molecule has 2 amide bonds. The summed E-state index contributed by atoms with van der Waals surface area (Å²) in [4.78, 5) is 24.3. The lowest BCUT2D eigenvalue weighted by Crippen LogP contribution is -2.61. The summed E-state index contributed by atoms with van der Waals surface area (Å²) in [7, 11) is 0. The van der Waals surface area contributed by atoms with Crippen LogP contribution < -0.4 is 10.6 Å². The van der Waals surface area contributed by atoms with Crippen LogP contribution in [-0.2, 0) is 4.79 Å². The topological polar surface area (TPSA) is 58.2 Å². The Morgan fingerprint density at radius 1 is 0.960 bits per heavy atom. The number of carbonyl (C=O) groups excluding carboxylic acids is 2. The smallest absolute Gasteiger partial charge is 0.251 e. The van der Waals surface area contributed by atoms with Crippen LogP contribution in [0.3, 0.4) is 0 Å². The van der Waals surface area contributed by atoms with Crippen LogP contribution in [0.1, 0.15) is 48.9 Å². The van der Waals surface area contributed by atoms with E-state index in [1.54, 1.807) is 0 Å². The summed E-state index contributed by atoms with van der Waals surface area (Å²) >= 11 is 0. The average molecular weight is 348 g/mol. The van der Waals surface area contributed by atoms with Crippen molar-refractivity contribution in [2.75, 3.05) is 6.54 Å². The standard InChI is InChI=1S/C19H22F2N2O2/c20-15-4-14(5-16(21)6-15)18(25)22-10-17(24)23-19-7-11-1-12(8-19)3-13(2-11)9-19/h4-6,11-13H,1-3,7-10H2,(H,22,25)(H,23,24). The molecule has 4 bridgehead atoms. The maximum absolute atomic E-state index is 13.2. The Kier molecular flexibility index (Phi) is 4.01. The lowest BCUT2D eigenvalue weighted by molar-refractivity contribution is -0.125. The summed E-state index contributed by atoms with van der Waals surface area (Å²) in [6, 6.07) is 2.61. The second-order valence-corrected chi connectivity index (χ2v) is 8.09. The SMILES string of the molecule is O=C(CNC(=O)c1cc(F)cc(F)c1)NC12CC3CC(CC(C3)C1)C2. The maximum atomic E-state index is 13.2. The van der Waals surface area contributed by atoms with E-state index in [1.807, 2.05) is 0 Å². The van der Waals surface area contributed by atoms with E-state index in [4.69, 9.17) is 0 Å². The molecule has 4 aliphatic rings. The van der Waals surface area contributed by atoms with Crippen molar-refractivity contribution >= 4 is 11.8 Å². The Morgan fingerprint density at radius 2 is 1.48 bits per heavy atom. The minimum absolute atomic E-state index is 0.110. The van der Waals surface area contributed by atoms with Gasteiger partial charge < -0.3 is 10.6 Å². The van der Waals surface area contributed by atoms with Crippen molar-refractivity contribution in [3.8, 4) is 0 Å². The zero-order chi connectivity index (χ0) is 17.6. The van der Waals surface area contributed by atoms with Crippen molar-refractivity contribution in [2.45, 2.75) is 44.1 Å². The summed E-state index contributed by atoms with van der Waals surface area (Å²) in [5.41, 5.74) is -0.235. The van der Waals surface area contributed by atoms with E-state index in [1.165, 1.54) is 19.3 Å². The van der Waals surface area contributed by atoms with E-state index in [0.29, 0.717) is 6.07 Å². The molecular formula is C19H22F2N2O2. The third-order valence-electron chi connectivity index (χ3n) is 5.98. The molecular weight excluding hydrogens is 326 g/mol. The molecule has 0 aliphatic heterocycles. The highest BCUT2D eigenvalue weighted by Crippen LogP contribution is 2.55. The van der Waals surface area contributed by atoms with Crippen LogP contribution in [0.5, 0.6) is 0 Å². The molecule has 0 spiro atoms. The number of carbonyl (C=O) groups is 2. The third-order valence-corrected chi connectivity index (χ3v) is 5.98. The van der Waals surface area contributed by atoms with Gasteiger partial charge in [0.2, 0.25) is 5.91 Å². The highest BCUT2D eigenvalue weighted by molar-refractivity contribution is 5.96. The molecule has 1 aromatic carbocycles. The first-order valence-corrected chi connectivity index (χ1v) is 8.96. The summed E-state index contributed by atoms with van der Waals surface area (Å²) in [6.45, 7) is -0.182. The molecule has 0 unspecified atom stereocenters. The van der Waals surface area contributed by atoms with Gasteiger partial charge in [0, 0.05) is 17.2 Å². The fourth-order valence-electron chi connectivity index (χ4n) is 5.55. The molecule has 4 aliphatic carbocycles. The molecule has 4 saturated carbocycles. The number of amides is 2. The lowest BCUT2D eigenvalue weighted by Gasteiger charge is -2.56. The van der Waals surface area contributed by atoms with Gasteiger partial charge in [0.25, 0.3) is 5.91 Å². The van der Waals surface area contributed by atoms with Gasteiger partial charge in [-0.3, -0.25) is 9.59 Å². The number of benzene rings is 1. The van der Waals surface area contributed by atoms with Crippen LogP contribution in [0.25, 0.3) is 0 Å². The molecule has 0 aromatic heterocycles. The van der Waals surface area contributed by atoms with Crippen molar-refractivity contribution < 1.29 is 18.4 Å². The quantitative estimate of drug-likeness (QED) is 0.879. The molecule has 0 radical (unpaired) electrons. The van der Waals surface area contributed by atoms with Gasteiger partial charge in [-0.05, 0) is 68.4 Å². The van der Waals surface area contributed by atoms with E-state index >= 15 is 0 Å². The zero-order valence-corrected chi connectivity index (χ0v) is 14.0. The van der Waals surface area contributed by atoms with Crippen molar-refractivity contribution in [1.29, 1.82) is 0 Å². The second-order valence-electron chi connectivity index (χ2n) is 8.09. The van der Waals surface area contributed by atoms with Crippen molar-refractivity contribution in [1.82, 2.24) is 10.6 Å². The molecule has 0 heterocycles. The lowest BCUT2D eigenvalue weighted by atomic mass is 9.53. The second kappa shape index (κ2) is 6.07. The van der Waals surface area contributed by atoms with Gasteiger partial charge in [0.15, 0.2) is 0 Å². The number of hydrogen-bond acceptors (Lipinski definition) is 2. The van der Waals surface area contributed by atoms with Crippen LogP contribution in [0, 0.1) is 29.4 Å². The number of halogens is 2. The van der Waals surface area contributed by atoms with Crippen LogP contribution >= 0.6 is 0 Å². The minimum Gasteiger partial charge on any atom is -0.349 e. The van der Waals surface area contributed by atoms with E-state index < -0.39 is 17.5 Å². The van der Waals surface area contributed by atoms with Crippen molar-refractivity contribution in [2.24, 2.45) is 17.8 Å². The van der Waals surface area contributed by atoms with Crippen LogP contribution in [-0.4, -0.2) is 23.9 Å². The number of rotatable bonds is 4. The molecule has 0 atom stereocenters. The van der Waals surface area contributed by atoms with Gasteiger partial charge in [0.1, 0.15) is 11.6 Å². The average Bonchev–Trinajstić information content (AvgIpc) is 2.49. The zero-order valence-electron chi connectivity index (χ0n) is 14.0. The predicted molar refractivity (Wildman–Crippen MR) is 87.7 cm³/mol. The molecule has 6 heteroatoms. The number of nitrogens with one attached hydrogen (secondary N) is 2. The maximum Gasteiger partial charge on any atom is 0.251 e. The Labute approximate surface area is 145 Å². The van der Waals surface area contributed by atoms with Gasteiger partial charge in [-0.25, -0.2) is 8.78 Å². The Morgan fingerprint density at radius 3 is 2.00 bits per heavy atom. The molecule has 5 rings (SSSR count). The van der Waals surface area contributed by atoms with Gasteiger partial charge in [-0.15, -0.1) is 0 Å². The predicted octanol–water partition coefficient (Wildman–Crippen LogP) is 2.78. The molecule has 134 valence electrons. The summed E-state index contributed by atoms with van der Waals surface area (Å²) in [5, 5.41) is 5.60. The first-order chi connectivity index (χ1) is 11.9. The fourth-order valence-corrected chi connectivity index (χ4v) is 5.55. The number of hydrogen-bond donors (Lipinski definition) is 2. The van der Waals surface area contributed by atoms with Crippen LogP contribution in [0.4, 0.5) is 8.78 Å². The Balaban J connectivity index is 1.34. The van der Waals surface area contributed by atoms with E-state index in [0.717, 1.165) is 49.1 Å². The minimum atomic E-state index is -0.817. The molecule has 25 heavy (non-hydrogen) atoms. The van der Waals surface area contributed by atoms with Crippen molar-refractivity contribution in [3.05, 3.63) is 35.4 Å². The van der Waals surface area contributed by atoms with E-state index in [9.17, 15) is 18.4 Å². The first kappa shape index (κ1) is 16.5. The molecule has 4 nitrogen and oxygen atoms in total. The Bertz CT molecular complexity index is 664. The van der Waals surface area contributed by atoms with Gasteiger partial charge in [-0.1, -0.05) is 0 Å².